The van der Waals surface area contributed by atoms with Gasteiger partial charge in [0.2, 0.25) is 11.9 Å². The molecule has 9 heteroatoms. The molecule has 0 spiro atoms. The van der Waals surface area contributed by atoms with Crippen LogP contribution in [0, 0.1) is 11.8 Å². The number of anilines is 2. The van der Waals surface area contributed by atoms with Crippen LogP contribution in [0.2, 0.25) is 0 Å². The largest absolute Gasteiger partial charge is 0.359 e. The van der Waals surface area contributed by atoms with E-state index in [1.54, 1.807) is 13.2 Å². The number of nitrogens with one attached hydrogen (secondary N) is 2. The van der Waals surface area contributed by atoms with Crippen LogP contribution < -0.4 is 10.6 Å². The van der Waals surface area contributed by atoms with Gasteiger partial charge in [-0.25, -0.2) is 9.97 Å². The molecule has 1 aliphatic carbocycles. The number of amides is 2. The van der Waals surface area contributed by atoms with Gasteiger partial charge in [0.1, 0.15) is 0 Å². The fourth-order valence-electron chi connectivity index (χ4n) is 4.68. The van der Waals surface area contributed by atoms with Gasteiger partial charge in [0.15, 0.2) is 0 Å². The second-order valence-corrected chi connectivity index (χ2v) is 9.76. The number of likely N-dealkylation sites (N-methyl/N-ethyl adjacent to an activating group) is 1. The van der Waals surface area contributed by atoms with Crippen LogP contribution in [-0.4, -0.2) is 71.9 Å². The van der Waals surface area contributed by atoms with Crippen molar-refractivity contribution in [2.24, 2.45) is 11.8 Å². The number of hydrogen-bond acceptors (Lipinski definition) is 6. The topological polar surface area (TPSA) is 90.5 Å². The molecule has 1 aromatic heterocycles. The number of aromatic nitrogens is 2. The van der Waals surface area contributed by atoms with Crippen molar-refractivity contribution < 1.29 is 9.59 Å². The summed E-state index contributed by atoms with van der Waals surface area (Å²) < 4.78 is 0.851. The average molecular weight is 515 g/mol. The lowest BCUT2D eigenvalue weighted by Gasteiger charge is -2.32. The lowest BCUT2D eigenvalue weighted by atomic mass is 9.91. The highest BCUT2D eigenvalue weighted by atomic mass is 79.9. The van der Waals surface area contributed by atoms with Gasteiger partial charge in [-0.1, -0.05) is 6.42 Å². The number of carbonyl (C=O) groups excluding carboxylic acids is 2. The molecule has 0 unspecified atom stereocenters. The molecule has 2 heterocycles. The molecule has 176 valence electrons. The SMILES string of the molecule is CNC(=O)[C@H]1CCC[C@H]1Cc1nc(Nc2ccc(C(=O)N3CCN(C)CC3)cc2)ncc1Br. The summed E-state index contributed by atoms with van der Waals surface area (Å²) >= 11 is 3.57. The van der Waals surface area contributed by atoms with Crippen molar-refractivity contribution in [1.29, 1.82) is 0 Å². The lowest BCUT2D eigenvalue weighted by Crippen LogP contribution is -2.47. The van der Waals surface area contributed by atoms with Crippen LogP contribution in [0.25, 0.3) is 0 Å². The van der Waals surface area contributed by atoms with E-state index in [1.165, 1.54) is 0 Å². The van der Waals surface area contributed by atoms with Crippen LogP contribution in [0.15, 0.2) is 34.9 Å². The summed E-state index contributed by atoms with van der Waals surface area (Å²) in [6.45, 7) is 3.32. The van der Waals surface area contributed by atoms with Gasteiger partial charge in [-0.2, -0.15) is 0 Å². The van der Waals surface area contributed by atoms with Gasteiger partial charge in [0, 0.05) is 56.6 Å². The molecule has 0 bridgehead atoms. The van der Waals surface area contributed by atoms with Gasteiger partial charge in [0.25, 0.3) is 5.91 Å². The summed E-state index contributed by atoms with van der Waals surface area (Å²) in [6, 6.07) is 7.45. The summed E-state index contributed by atoms with van der Waals surface area (Å²) in [6.07, 6.45) is 5.50. The first-order chi connectivity index (χ1) is 15.9. The van der Waals surface area contributed by atoms with E-state index in [2.05, 4.69) is 43.5 Å². The monoisotopic (exact) mass is 514 g/mol. The van der Waals surface area contributed by atoms with E-state index < -0.39 is 0 Å². The van der Waals surface area contributed by atoms with Crippen LogP contribution >= 0.6 is 15.9 Å². The van der Waals surface area contributed by atoms with Crippen molar-refractivity contribution in [3.63, 3.8) is 0 Å². The number of nitrogens with zero attached hydrogens (tertiary/aromatic N) is 4. The van der Waals surface area contributed by atoms with Crippen molar-refractivity contribution >= 4 is 39.4 Å². The molecule has 2 amide bonds. The molecular formula is C24H31BrN6O2. The zero-order valence-corrected chi connectivity index (χ0v) is 20.8. The van der Waals surface area contributed by atoms with Gasteiger partial charge < -0.3 is 20.4 Å². The van der Waals surface area contributed by atoms with Gasteiger partial charge in [-0.15, -0.1) is 0 Å². The molecule has 2 fully saturated rings. The quantitative estimate of drug-likeness (QED) is 0.615. The molecule has 33 heavy (non-hydrogen) atoms. The lowest BCUT2D eigenvalue weighted by molar-refractivity contribution is -0.125. The van der Waals surface area contributed by atoms with Crippen molar-refractivity contribution in [2.45, 2.75) is 25.7 Å². The van der Waals surface area contributed by atoms with Gasteiger partial charge in [-0.3, -0.25) is 9.59 Å². The number of hydrogen-bond donors (Lipinski definition) is 2. The second kappa shape index (κ2) is 10.6. The first-order valence-electron chi connectivity index (χ1n) is 11.5. The molecule has 1 aromatic carbocycles. The standard InChI is InChI=1S/C24H31BrN6O2/c1-26-22(32)19-5-3-4-17(19)14-21-20(25)15-27-24(29-21)28-18-8-6-16(7-9-18)23(33)31-12-10-30(2)11-13-31/h6-9,15,17,19H,3-5,10-14H2,1-2H3,(H,26,32)(H,27,28,29)/t17-,19-/m0/s1. The third kappa shape index (κ3) is 5.70. The minimum absolute atomic E-state index is 0.0404. The average Bonchev–Trinajstić information content (AvgIpc) is 3.29. The van der Waals surface area contributed by atoms with Crippen LogP contribution in [0.4, 0.5) is 11.6 Å². The Labute approximate surface area is 203 Å². The third-order valence-corrected chi connectivity index (χ3v) is 7.36. The predicted molar refractivity (Wildman–Crippen MR) is 131 cm³/mol. The molecule has 0 radical (unpaired) electrons. The van der Waals surface area contributed by atoms with Gasteiger partial charge in [0.05, 0.1) is 10.2 Å². The maximum absolute atomic E-state index is 12.7. The van der Waals surface area contributed by atoms with E-state index in [4.69, 9.17) is 4.98 Å². The summed E-state index contributed by atoms with van der Waals surface area (Å²) in [5.41, 5.74) is 2.40. The number of halogens is 1. The highest BCUT2D eigenvalue weighted by molar-refractivity contribution is 9.10. The molecule has 2 aliphatic rings. The third-order valence-electron chi connectivity index (χ3n) is 6.69. The van der Waals surface area contributed by atoms with Gasteiger partial charge >= 0.3 is 0 Å². The first kappa shape index (κ1) is 23.6. The van der Waals surface area contributed by atoms with E-state index in [1.807, 2.05) is 29.2 Å². The zero-order valence-electron chi connectivity index (χ0n) is 19.2. The van der Waals surface area contributed by atoms with E-state index >= 15 is 0 Å². The highest BCUT2D eigenvalue weighted by Crippen LogP contribution is 2.35. The fraction of sp³-hybridized carbons (Fsp3) is 0.500. The minimum atomic E-state index is 0.0404. The van der Waals surface area contributed by atoms with Crippen molar-refractivity contribution in [3.8, 4) is 0 Å². The summed E-state index contributed by atoms with van der Waals surface area (Å²) in [5, 5.41) is 6.03. The maximum Gasteiger partial charge on any atom is 0.253 e. The van der Waals surface area contributed by atoms with Crippen molar-refractivity contribution in [2.75, 3.05) is 45.6 Å². The van der Waals surface area contributed by atoms with E-state index in [0.717, 1.165) is 67.7 Å². The molecule has 2 aromatic rings. The van der Waals surface area contributed by atoms with E-state index in [0.29, 0.717) is 11.5 Å². The minimum Gasteiger partial charge on any atom is -0.359 e. The van der Waals surface area contributed by atoms with E-state index in [9.17, 15) is 9.59 Å². The Morgan fingerprint density at radius 2 is 1.85 bits per heavy atom. The Bertz CT molecular complexity index is 991. The Hall–Kier alpha value is -2.52. The molecule has 2 N–H and O–H groups in total. The van der Waals surface area contributed by atoms with Crippen molar-refractivity contribution in [3.05, 3.63) is 46.2 Å². The second-order valence-electron chi connectivity index (χ2n) is 8.90. The summed E-state index contributed by atoms with van der Waals surface area (Å²) in [4.78, 5) is 38.2. The summed E-state index contributed by atoms with van der Waals surface area (Å²) in [7, 11) is 3.77. The molecule has 8 nitrogen and oxygen atoms in total. The normalized spacial score (nSPS) is 21.1. The highest BCUT2D eigenvalue weighted by Gasteiger charge is 2.33. The number of rotatable bonds is 6. The Kier molecular flexibility index (Phi) is 7.60. The van der Waals surface area contributed by atoms with Crippen LogP contribution in [0.3, 0.4) is 0 Å². The predicted octanol–water partition coefficient (Wildman–Crippen LogP) is 3.08. The van der Waals surface area contributed by atoms with Crippen molar-refractivity contribution in [1.82, 2.24) is 25.1 Å². The number of benzene rings is 1. The molecular weight excluding hydrogens is 484 g/mol. The molecule has 2 atom stereocenters. The fourth-order valence-corrected chi connectivity index (χ4v) is 5.04. The number of piperazine rings is 1. The zero-order chi connectivity index (χ0) is 23.4. The Morgan fingerprint density at radius 3 is 2.55 bits per heavy atom. The Morgan fingerprint density at radius 1 is 1.12 bits per heavy atom. The molecule has 1 aliphatic heterocycles. The van der Waals surface area contributed by atoms with Gasteiger partial charge in [-0.05, 0) is 72.4 Å². The molecule has 4 rings (SSSR count). The maximum atomic E-state index is 12.7. The van der Waals surface area contributed by atoms with Crippen LogP contribution in [0.5, 0.6) is 0 Å². The number of carbonyl (C=O) groups is 2. The van der Waals surface area contributed by atoms with Crippen LogP contribution in [-0.2, 0) is 11.2 Å². The Balaban J connectivity index is 1.41. The smallest absolute Gasteiger partial charge is 0.253 e. The summed E-state index contributed by atoms with van der Waals surface area (Å²) in [5.74, 6) is 1.01. The molecule has 1 saturated heterocycles. The van der Waals surface area contributed by atoms with Crippen LogP contribution in [0.1, 0.15) is 35.3 Å². The van der Waals surface area contributed by atoms with E-state index in [-0.39, 0.29) is 23.7 Å². The molecule has 1 saturated carbocycles. The first-order valence-corrected chi connectivity index (χ1v) is 12.3.